The number of rotatable bonds is 3. The van der Waals surface area contributed by atoms with Gasteiger partial charge >= 0.3 is 5.97 Å². The minimum absolute atomic E-state index is 0.0441. The first-order valence-electron chi connectivity index (χ1n) is 4.12. The Hall–Kier alpha value is -1.46. The zero-order valence-electron chi connectivity index (χ0n) is 7.64. The lowest BCUT2D eigenvalue weighted by Crippen LogP contribution is -2.21. The molecule has 1 aromatic rings. The van der Waals surface area contributed by atoms with Crippen molar-refractivity contribution in [2.45, 2.75) is 5.92 Å². The Bertz CT molecular complexity index is 394. The summed E-state index contributed by atoms with van der Waals surface area (Å²) >= 11 is 5.52. The van der Waals surface area contributed by atoms with Crippen molar-refractivity contribution in [2.24, 2.45) is 5.73 Å². The van der Waals surface area contributed by atoms with E-state index in [0.717, 1.165) is 0 Å². The molecule has 0 heterocycles. The quantitative estimate of drug-likeness (QED) is 0.578. The van der Waals surface area contributed by atoms with Gasteiger partial charge in [-0.15, -0.1) is 0 Å². The Morgan fingerprint density at radius 3 is 2.47 bits per heavy atom. The van der Waals surface area contributed by atoms with Crippen molar-refractivity contribution in [1.82, 2.24) is 0 Å². The summed E-state index contributed by atoms with van der Waals surface area (Å²) in [7, 11) is 0. The van der Waals surface area contributed by atoms with Gasteiger partial charge in [0, 0.05) is 12.1 Å². The van der Waals surface area contributed by atoms with Gasteiger partial charge in [0.15, 0.2) is 11.5 Å². The third-order valence-electron chi connectivity index (χ3n) is 2.04. The molecule has 82 valence electrons. The van der Waals surface area contributed by atoms with Crippen molar-refractivity contribution in [2.75, 3.05) is 6.54 Å². The Morgan fingerprint density at radius 1 is 1.40 bits per heavy atom. The zero-order chi connectivity index (χ0) is 11.6. The average molecular weight is 232 g/mol. The smallest absolute Gasteiger partial charge is 0.312 e. The van der Waals surface area contributed by atoms with E-state index in [4.69, 9.17) is 22.4 Å². The van der Waals surface area contributed by atoms with Gasteiger partial charge in [-0.1, -0.05) is 17.7 Å². The Balaban J connectivity index is 3.25. The molecule has 5 nitrogen and oxygen atoms in total. The normalized spacial score (nSPS) is 12.4. The van der Waals surface area contributed by atoms with Crippen LogP contribution in [0.4, 0.5) is 0 Å². The van der Waals surface area contributed by atoms with Gasteiger partial charge in [0.2, 0.25) is 0 Å². The average Bonchev–Trinajstić information content (AvgIpc) is 2.18. The van der Waals surface area contributed by atoms with Crippen molar-refractivity contribution in [3.8, 4) is 11.5 Å². The number of hydrogen-bond donors (Lipinski definition) is 4. The first kappa shape index (κ1) is 11.6. The standard InChI is InChI=1S/C9H10ClNO4/c10-6-2-1-4(7(12)8(6)13)5(3-11)9(14)15/h1-2,5,12-13H,3,11H2,(H,14,15). The van der Waals surface area contributed by atoms with E-state index in [9.17, 15) is 15.0 Å². The van der Waals surface area contributed by atoms with Crippen LogP contribution in [0.3, 0.4) is 0 Å². The molecule has 0 spiro atoms. The predicted molar refractivity (Wildman–Crippen MR) is 54.2 cm³/mol. The lowest BCUT2D eigenvalue weighted by molar-refractivity contribution is -0.138. The van der Waals surface area contributed by atoms with E-state index in [1.165, 1.54) is 12.1 Å². The number of hydrogen-bond acceptors (Lipinski definition) is 4. The second kappa shape index (κ2) is 4.37. The van der Waals surface area contributed by atoms with Crippen LogP contribution in [0.25, 0.3) is 0 Å². The van der Waals surface area contributed by atoms with E-state index in [1.807, 2.05) is 0 Å². The molecule has 0 saturated heterocycles. The highest BCUT2D eigenvalue weighted by Crippen LogP contribution is 2.38. The molecule has 0 bridgehead atoms. The Kier molecular flexibility index (Phi) is 3.39. The van der Waals surface area contributed by atoms with Crippen LogP contribution in [0.2, 0.25) is 5.02 Å². The molecule has 0 aromatic heterocycles. The molecule has 0 amide bonds. The minimum Gasteiger partial charge on any atom is -0.504 e. The lowest BCUT2D eigenvalue weighted by atomic mass is 9.98. The summed E-state index contributed by atoms with van der Waals surface area (Å²) in [5, 5.41) is 27.5. The maximum Gasteiger partial charge on any atom is 0.312 e. The third kappa shape index (κ3) is 2.14. The molecule has 1 unspecified atom stereocenters. The van der Waals surface area contributed by atoms with Crippen molar-refractivity contribution in [1.29, 1.82) is 0 Å². The first-order chi connectivity index (χ1) is 6.99. The summed E-state index contributed by atoms with van der Waals surface area (Å²) in [5.74, 6) is -3.31. The molecule has 1 atom stereocenters. The maximum absolute atomic E-state index is 10.8. The van der Waals surface area contributed by atoms with Crippen molar-refractivity contribution < 1.29 is 20.1 Å². The van der Waals surface area contributed by atoms with Crippen molar-refractivity contribution in [3.05, 3.63) is 22.7 Å². The molecule has 0 aliphatic rings. The number of halogens is 1. The molecule has 0 saturated carbocycles. The minimum atomic E-state index is -1.17. The second-order valence-electron chi connectivity index (χ2n) is 2.96. The number of phenols is 2. The van der Waals surface area contributed by atoms with E-state index in [-0.39, 0.29) is 17.1 Å². The molecule has 0 radical (unpaired) electrons. The van der Waals surface area contributed by atoms with Gasteiger partial charge in [0.05, 0.1) is 10.9 Å². The summed E-state index contributed by atoms with van der Waals surface area (Å²) in [4.78, 5) is 10.8. The topological polar surface area (TPSA) is 104 Å². The third-order valence-corrected chi connectivity index (χ3v) is 2.35. The van der Waals surface area contributed by atoms with Crippen LogP contribution >= 0.6 is 11.6 Å². The van der Waals surface area contributed by atoms with Crippen LogP contribution in [0.15, 0.2) is 12.1 Å². The molecule has 5 N–H and O–H groups in total. The molecule has 15 heavy (non-hydrogen) atoms. The van der Waals surface area contributed by atoms with E-state index in [2.05, 4.69) is 0 Å². The number of aromatic hydroxyl groups is 2. The molecule has 1 rings (SSSR count). The number of carboxylic acid groups (broad SMARTS) is 1. The molecule has 0 aliphatic heterocycles. The highest BCUT2D eigenvalue weighted by molar-refractivity contribution is 6.32. The van der Waals surface area contributed by atoms with Crippen molar-refractivity contribution in [3.63, 3.8) is 0 Å². The fraction of sp³-hybridized carbons (Fsp3) is 0.222. The Morgan fingerprint density at radius 2 is 2.00 bits per heavy atom. The summed E-state index contributed by atoms with van der Waals surface area (Å²) in [5.41, 5.74) is 5.30. The fourth-order valence-electron chi connectivity index (χ4n) is 1.21. The predicted octanol–water partition coefficient (Wildman–Crippen LogP) is 0.878. The number of nitrogens with two attached hydrogens (primary N) is 1. The van der Waals surface area contributed by atoms with Crippen LogP contribution in [0.1, 0.15) is 11.5 Å². The molecule has 6 heteroatoms. The van der Waals surface area contributed by atoms with Crippen LogP contribution in [0, 0.1) is 0 Å². The van der Waals surface area contributed by atoms with E-state index >= 15 is 0 Å². The molecule has 1 aromatic carbocycles. The summed E-state index contributed by atoms with van der Waals surface area (Å²) in [6.07, 6.45) is 0. The van der Waals surface area contributed by atoms with Gasteiger partial charge in [-0.05, 0) is 6.07 Å². The van der Waals surface area contributed by atoms with Crippen molar-refractivity contribution >= 4 is 17.6 Å². The molecule has 0 fully saturated rings. The Labute approximate surface area is 90.7 Å². The summed E-state index contributed by atoms with van der Waals surface area (Å²) < 4.78 is 0. The number of aliphatic carboxylic acids is 1. The molecular formula is C9H10ClNO4. The second-order valence-corrected chi connectivity index (χ2v) is 3.37. The number of benzene rings is 1. The van der Waals surface area contributed by atoms with Gasteiger partial charge in [-0.3, -0.25) is 4.79 Å². The van der Waals surface area contributed by atoms with Gasteiger partial charge in [0.1, 0.15) is 0 Å². The van der Waals surface area contributed by atoms with Gasteiger partial charge < -0.3 is 21.1 Å². The van der Waals surface area contributed by atoms with Gasteiger partial charge in [0.25, 0.3) is 0 Å². The highest BCUT2D eigenvalue weighted by Gasteiger charge is 2.23. The fourth-order valence-corrected chi connectivity index (χ4v) is 1.37. The first-order valence-corrected chi connectivity index (χ1v) is 4.50. The van der Waals surface area contributed by atoms with Crippen LogP contribution in [-0.4, -0.2) is 27.8 Å². The SMILES string of the molecule is NCC(C(=O)O)c1ccc(Cl)c(O)c1O. The van der Waals surface area contributed by atoms with E-state index < -0.39 is 23.4 Å². The molecule has 0 aliphatic carbocycles. The number of carbonyl (C=O) groups is 1. The highest BCUT2D eigenvalue weighted by atomic mass is 35.5. The lowest BCUT2D eigenvalue weighted by Gasteiger charge is -2.13. The summed E-state index contributed by atoms with van der Waals surface area (Å²) in [6.45, 7) is -0.177. The zero-order valence-corrected chi connectivity index (χ0v) is 8.40. The van der Waals surface area contributed by atoms with Crippen LogP contribution < -0.4 is 5.73 Å². The monoisotopic (exact) mass is 231 g/mol. The summed E-state index contributed by atoms with van der Waals surface area (Å²) in [6, 6.07) is 2.63. The largest absolute Gasteiger partial charge is 0.504 e. The van der Waals surface area contributed by atoms with Gasteiger partial charge in [-0.2, -0.15) is 0 Å². The van der Waals surface area contributed by atoms with E-state index in [0.29, 0.717) is 0 Å². The van der Waals surface area contributed by atoms with Gasteiger partial charge in [-0.25, -0.2) is 0 Å². The van der Waals surface area contributed by atoms with E-state index in [1.54, 1.807) is 0 Å². The van der Waals surface area contributed by atoms with Crippen LogP contribution in [0.5, 0.6) is 11.5 Å². The number of carboxylic acids is 1. The molecular weight excluding hydrogens is 222 g/mol. The van der Waals surface area contributed by atoms with Crippen LogP contribution in [-0.2, 0) is 4.79 Å². The maximum atomic E-state index is 10.8. The number of phenolic OH excluding ortho intramolecular Hbond substituents is 2.